The first-order valence-electron chi connectivity index (χ1n) is 9.51. The summed E-state index contributed by atoms with van der Waals surface area (Å²) < 4.78 is 1.81. The van der Waals surface area contributed by atoms with Crippen LogP contribution < -0.4 is 0 Å². The molecule has 3 atom stereocenters. The molecule has 1 aliphatic carbocycles. The van der Waals surface area contributed by atoms with Crippen LogP contribution in [0.1, 0.15) is 64.1 Å². The molecule has 25 heavy (non-hydrogen) atoms. The molecule has 2 aliphatic rings. The summed E-state index contributed by atoms with van der Waals surface area (Å²) in [6, 6.07) is 2.28. The number of carbonyl (C=O) groups excluding carboxylic acids is 2. The lowest BCUT2D eigenvalue weighted by Crippen LogP contribution is -2.51. The number of piperidine rings is 1. The molecule has 6 heteroatoms. The van der Waals surface area contributed by atoms with E-state index in [0.717, 1.165) is 31.4 Å². The predicted molar refractivity (Wildman–Crippen MR) is 95.7 cm³/mol. The SMILES string of the molecule is CCCC(C)N(C)C(=O)C1CCC(=O)N(C2CC2)C1c1ccnn1C. The van der Waals surface area contributed by atoms with Crippen molar-refractivity contribution in [3.63, 3.8) is 0 Å². The normalized spacial score (nSPS) is 25.1. The Balaban J connectivity index is 1.91. The molecular weight excluding hydrogens is 316 g/mol. The number of aryl methyl sites for hydroxylation is 1. The fraction of sp³-hybridized carbons (Fsp3) is 0.737. The van der Waals surface area contributed by atoms with E-state index in [9.17, 15) is 9.59 Å². The molecule has 2 amide bonds. The van der Waals surface area contributed by atoms with Crippen molar-refractivity contribution >= 4 is 11.8 Å². The summed E-state index contributed by atoms with van der Waals surface area (Å²) in [5.41, 5.74) is 0.967. The van der Waals surface area contributed by atoms with Crippen molar-refractivity contribution in [3.8, 4) is 0 Å². The second kappa shape index (κ2) is 7.18. The molecule has 0 N–H and O–H groups in total. The van der Waals surface area contributed by atoms with Crippen molar-refractivity contribution in [2.75, 3.05) is 7.05 Å². The van der Waals surface area contributed by atoms with Gasteiger partial charge in [0.05, 0.1) is 17.7 Å². The Hall–Kier alpha value is -1.85. The zero-order valence-electron chi connectivity index (χ0n) is 15.8. The van der Waals surface area contributed by atoms with Crippen LogP contribution in [-0.2, 0) is 16.6 Å². The highest BCUT2D eigenvalue weighted by molar-refractivity contribution is 5.85. The Morgan fingerprint density at radius 3 is 2.68 bits per heavy atom. The minimum Gasteiger partial charge on any atom is -0.343 e. The van der Waals surface area contributed by atoms with Crippen LogP contribution in [0.15, 0.2) is 12.3 Å². The highest BCUT2D eigenvalue weighted by atomic mass is 16.2. The van der Waals surface area contributed by atoms with Gasteiger partial charge >= 0.3 is 0 Å². The van der Waals surface area contributed by atoms with Gasteiger partial charge in [-0.3, -0.25) is 14.3 Å². The Bertz CT molecular complexity index is 637. The number of aromatic nitrogens is 2. The minimum atomic E-state index is -0.190. The van der Waals surface area contributed by atoms with E-state index in [-0.39, 0.29) is 29.8 Å². The zero-order chi connectivity index (χ0) is 18.1. The van der Waals surface area contributed by atoms with Gasteiger partial charge in [0.2, 0.25) is 11.8 Å². The number of amides is 2. The monoisotopic (exact) mass is 346 g/mol. The molecule has 1 aromatic rings. The van der Waals surface area contributed by atoms with Gasteiger partial charge in [0.1, 0.15) is 0 Å². The lowest BCUT2D eigenvalue weighted by atomic mass is 9.85. The first kappa shape index (κ1) is 18.0. The Kier molecular flexibility index (Phi) is 5.16. The van der Waals surface area contributed by atoms with E-state index in [0.29, 0.717) is 18.9 Å². The quantitative estimate of drug-likeness (QED) is 0.795. The van der Waals surface area contributed by atoms with Crippen molar-refractivity contribution in [1.29, 1.82) is 0 Å². The van der Waals surface area contributed by atoms with Gasteiger partial charge in [0.25, 0.3) is 0 Å². The fourth-order valence-electron chi connectivity index (χ4n) is 4.07. The maximum absolute atomic E-state index is 13.3. The molecule has 2 heterocycles. The molecule has 1 aromatic heterocycles. The predicted octanol–water partition coefficient (Wildman–Crippen LogP) is 2.51. The van der Waals surface area contributed by atoms with Gasteiger partial charge in [-0.15, -0.1) is 0 Å². The summed E-state index contributed by atoms with van der Waals surface area (Å²) >= 11 is 0. The van der Waals surface area contributed by atoms with E-state index in [1.165, 1.54) is 0 Å². The van der Waals surface area contributed by atoms with Crippen LogP contribution in [0.4, 0.5) is 0 Å². The van der Waals surface area contributed by atoms with E-state index in [4.69, 9.17) is 0 Å². The maximum Gasteiger partial charge on any atom is 0.228 e. The van der Waals surface area contributed by atoms with Crippen molar-refractivity contribution in [3.05, 3.63) is 18.0 Å². The highest BCUT2D eigenvalue weighted by Gasteiger charge is 2.48. The molecule has 1 aliphatic heterocycles. The third kappa shape index (κ3) is 3.44. The van der Waals surface area contributed by atoms with E-state index in [1.54, 1.807) is 6.20 Å². The van der Waals surface area contributed by atoms with Crippen LogP contribution in [0.25, 0.3) is 0 Å². The van der Waals surface area contributed by atoms with E-state index in [2.05, 4.69) is 18.9 Å². The first-order chi connectivity index (χ1) is 12.0. The molecule has 3 unspecified atom stereocenters. The fourth-order valence-corrected chi connectivity index (χ4v) is 4.07. The number of hydrogen-bond acceptors (Lipinski definition) is 3. The number of nitrogens with zero attached hydrogens (tertiary/aromatic N) is 4. The number of carbonyl (C=O) groups is 2. The van der Waals surface area contributed by atoms with Crippen LogP contribution >= 0.6 is 0 Å². The largest absolute Gasteiger partial charge is 0.343 e. The maximum atomic E-state index is 13.3. The Labute approximate surface area is 150 Å². The minimum absolute atomic E-state index is 0.158. The molecule has 1 saturated heterocycles. The number of rotatable bonds is 6. The standard InChI is InChI=1S/C19H30N4O2/c1-5-6-13(2)21(3)19(25)15-9-10-17(24)23(14-7-8-14)18(15)16-11-12-20-22(16)4/h11-15,18H,5-10H2,1-4H3. The molecule has 3 rings (SSSR count). The average Bonchev–Trinajstić information content (AvgIpc) is 3.34. The molecule has 0 spiro atoms. The molecule has 1 saturated carbocycles. The average molecular weight is 346 g/mol. The third-order valence-corrected chi connectivity index (χ3v) is 5.77. The highest BCUT2D eigenvalue weighted by Crippen LogP contribution is 2.44. The number of hydrogen-bond donors (Lipinski definition) is 0. The lowest BCUT2D eigenvalue weighted by molar-refractivity contribution is -0.149. The van der Waals surface area contributed by atoms with Crippen LogP contribution in [0.2, 0.25) is 0 Å². The van der Waals surface area contributed by atoms with Gasteiger partial charge in [0, 0.05) is 38.8 Å². The van der Waals surface area contributed by atoms with E-state index in [1.807, 2.05) is 34.6 Å². The molecule has 0 radical (unpaired) electrons. The lowest BCUT2D eigenvalue weighted by Gasteiger charge is -2.42. The summed E-state index contributed by atoms with van der Waals surface area (Å²) in [6.45, 7) is 4.24. The van der Waals surface area contributed by atoms with Gasteiger partial charge in [-0.2, -0.15) is 5.10 Å². The van der Waals surface area contributed by atoms with Gasteiger partial charge in [-0.05, 0) is 38.7 Å². The van der Waals surface area contributed by atoms with Crippen LogP contribution in [0.5, 0.6) is 0 Å². The molecule has 0 bridgehead atoms. The molecule has 138 valence electrons. The summed E-state index contributed by atoms with van der Waals surface area (Å²) in [6.07, 6.45) is 6.99. The van der Waals surface area contributed by atoms with Crippen molar-refractivity contribution in [2.45, 2.75) is 70.5 Å². The summed E-state index contributed by atoms with van der Waals surface area (Å²) in [5, 5.41) is 4.29. The second-order valence-corrected chi connectivity index (χ2v) is 7.59. The molecular formula is C19H30N4O2. The van der Waals surface area contributed by atoms with Gasteiger partial charge in [-0.1, -0.05) is 13.3 Å². The summed E-state index contributed by atoms with van der Waals surface area (Å²) in [7, 11) is 3.80. The van der Waals surface area contributed by atoms with Crippen molar-refractivity contribution in [1.82, 2.24) is 19.6 Å². The van der Waals surface area contributed by atoms with Crippen LogP contribution in [0.3, 0.4) is 0 Å². The molecule has 2 fully saturated rings. The third-order valence-electron chi connectivity index (χ3n) is 5.77. The van der Waals surface area contributed by atoms with Gasteiger partial charge in [0.15, 0.2) is 0 Å². The molecule has 0 aromatic carbocycles. The summed E-state index contributed by atoms with van der Waals surface area (Å²) in [4.78, 5) is 29.8. The molecule has 6 nitrogen and oxygen atoms in total. The second-order valence-electron chi connectivity index (χ2n) is 7.59. The van der Waals surface area contributed by atoms with Crippen LogP contribution in [0, 0.1) is 5.92 Å². The van der Waals surface area contributed by atoms with Crippen molar-refractivity contribution in [2.24, 2.45) is 13.0 Å². The van der Waals surface area contributed by atoms with Crippen LogP contribution in [-0.4, -0.2) is 50.5 Å². The smallest absolute Gasteiger partial charge is 0.228 e. The van der Waals surface area contributed by atoms with Gasteiger partial charge < -0.3 is 9.80 Å². The Morgan fingerprint density at radius 1 is 1.40 bits per heavy atom. The van der Waals surface area contributed by atoms with Crippen molar-refractivity contribution < 1.29 is 9.59 Å². The van der Waals surface area contributed by atoms with E-state index < -0.39 is 0 Å². The van der Waals surface area contributed by atoms with Gasteiger partial charge in [-0.25, -0.2) is 0 Å². The van der Waals surface area contributed by atoms with E-state index >= 15 is 0 Å². The first-order valence-corrected chi connectivity index (χ1v) is 9.51. The Morgan fingerprint density at radius 2 is 2.12 bits per heavy atom. The summed E-state index contributed by atoms with van der Waals surface area (Å²) in [5.74, 6) is 0.158. The topological polar surface area (TPSA) is 58.4 Å². The zero-order valence-corrected chi connectivity index (χ0v) is 15.8. The number of likely N-dealkylation sites (tertiary alicyclic amines) is 1.